The van der Waals surface area contributed by atoms with Gasteiger partial charge in [-0.25, -0.2) is 0 Å². The first-order valence-corrected chi connectivity index (χ1v) is 7.52. The fourth-order valence-electron chi connectivity index (χ4n) is 2.69. The fourth-order valence-corrected chi connectivity index (χ4v) is 2.69. The molecule has 1 N–H and O–H groups in total. The van der Waals surface area contributed by atoms with Crippen LogP contribution < -0.4 is 5.32 Å². The molecule has 0 aromatic carbocycles. The third-order valence-electron chi connectivity index (χ3n) is 3.75. The maximum atomic E-state index is 6.02. The summed E-state index contributed by atoms with van der Waals surface area (Å²) in [7, 11) is 0. The average molecular weight is 253 g/mol. The van der Waals surface area contributed by atoms with E-state index >= 15 is 0 Å². The molecule has 1 saturated carbocycles. The zero-order valence-electron chi connectivity index (χ0n) is 11.8. The zero-order valence-corrected chi connectivity index (χ0v) is 11.8. The van der Waals surface area contributed by atoms with Gasteiger partial charge in [-0.15, -0.1) is 0 Å². The first-order chi connectivity index (χ1) is 8.86. The van der Waals surface area contributed by atoms with Gasteiger partial charge in [0.1, 0.15) is 0 Å². The van der Waals surface area contributed by atoms with Crippen LogP contribution in [-0.2, 0) is 9.47 Å². The topological polar surface area (TPSA) is 30.5 Å². The highest BCUT2D eigenvalue weighted by atomic mass is 16.5. The molecule has 0 amide bonds. The molecule has 3 heteroatoms. The number of rotatable bonds is 8. The van der Waals surface area contributed by atoms with Crippen LogP contribution in [0.2, 0.25) is 0 Å². The molecule has 1 fully saturated rings. The van der Waals surface area contributed by atoms with Gasteiger partial charge in [-0.1, -0.05) is 6.92 Å². The van der Waals surface area contributed by atoms with E-state index in [1.165, 1.54) is 18.4 Å². The zero-order chi connectivity index (χ0) is 12.8. The number of hydrogen-bond donors (Lipinski definition) is 1. The van der Waals surface area contributed by atoms with Crippen molar-refractivity contribution in [1.29, 1.82) is 0 Å². The van der Waals surface area contributed by atoms with Gasteiger partial charge in [0.2, 0.25) is 0 Å². The summed E-state index contributed by atoms with van der Waals surface area (Å²) in [5, 5.41) is 3.67. The van der Waals surface area contributed by atoms with E-state index in [9.17, 15) is 0 Å². The lowest BCUT2D eigenvalue weighted by molar-refractivity contribution is 0.0250. The smallest absolute Gasteiger partial charge is 0.0876 e. The van der Waals surface area contributed by atoms with E-state index in [0.717, 1.165) is 44.9 Å². The van der Waals surface area contributed by atoms with Crippen molar-refractivity contribution in [3.63, 3.8) is 0 Å². The van der Waals surface area contributed by atoms with Crippen LogP contribution >= 0.6 is 0 Å². The summed E-state index contributed by atoms with van der Waals surface area (Å²) in [6, 6.07) is 0.359. The Labute approximate surface area is 111 Å². The Bertz CT molecular complexity index is 274. The third kappa shape index (κ3) is 3.72. The Morgan fingerprint density at radius 2 is 2.28 bits per heavy atom. The lowest BCUT2D eigenvalue weighted by Gasteiger charge is -2.31. The van der Waals surface area contributed by atoms with Crippen molar-refractivity contribution in [3.05, 3.63) is 11.8 Å². The Morgan fingerprint density at radius 1 is 1.44 bits per heavy atom. The summed E-state index contributed by atoms with van der Waals surface area (Å²) in [6.45, 7) is 7.03. The van der Waals surface area contributed by atoms with E-state index in [2.05, 4.69) is 19.2 Å². The van der Waals surface area contributed by atoms with Gasteiger partial charge in [-0.2, -0.15) is 0 Å². The minimum atomic E-state index is 0.342. The van der Waals surface area contributed by atoms with Gasteiger partial charge >= 0.3 is 0 Å². The van der Waals surface area contributed by atoms with Crippen molar-refractivity contribution in [3.8, 4) is 0 Å². The lowest BCUT2D eigenvalue weighted by atomic mass is 9.94. The van der Waals surface area contributed by atoms with Gasteiger partial charge in [0.05, 0.1) is 25.0 Å². The Morgan fingerprint density at radius 3 is 2.83 bits per heavy atom. The highest BCUT2D eigenvalue weighted by molar-refractivity contribution is 5.14. The van der Waals surface area contributed by atoms with Gasteiger partial charge in [0.25, 0.3) is 0 Å². The van der Waals surface area contributed by atoms with Gasteiger partial charge < -0.3 is 14.8 Å². The molecule has 2 aliphatic rings. The van der Waals surface area contributed by atoms with Crippen molar-refractivity contribution >= 4 is 0 Å². The third-order valence-corrected chi connectivity index (χ3v) is 3.75. The van der Waals surface area contributed by atoms with Crippen LogP contribution in [-0.4, -0.2) is 31.9 Å². The minimum Gasteiger partial charge on any atom is -0.501 e. The molecular formula is C15H27NO2. The summed E-state index contributed by atoms with van der Waals surface area (Å²) in [6.07, 6.45) is 8.41. The molecule has 1 heterocycles. The first kappa shape index (κ1) is 13.9. The number of ether oxygens (including phenoxy) is 2. The summed E-state index contributed by atoms with van der Waals surface area (Å²) < 4.78 is 11.5. The van der Waals surface area contributed by atoms with Gasteiger partial charge in [-0.3, -0.25) is 0 Å². The van der Waals surface area contributed by atoms with Crippen molar-refractivity contribution in [2.24, 2.45) is 5.92 Å². The van der Waals surface area contributed by atoms with Crippen molar-refractivity contribution in [1.82, 2.24) is 5.32 Å². The standard InChI is InChI=1S/C15H27NO2/c1-3-9-16-14(13-6-5-10-17-11-13)15(18-4-2)12-7-8-12/h11-12,14-16H,3-10H2,1-2H3. The largest absolute Gasteiger partial charge is 0.501 e. The maximum absolute atomic E-state index is 6.02. The molecule has 0 radical (unpaired) electrons. The number of hydrogen-bond acceptors (Lipinski definition) is 3. The molecule has 1 aliphatic heterocycles. The average Bonchev–Trinajstić information content (AvgIpc) is 3.23. The van der Waals surface area contributed by atoms with Crippen LogP contribution in [0.15, 0.2) is 11.8 Å². The summed E-state index contributed by atoms with van der Waals surface area (Å²) in [5.41, 5.74) is 1.40. The molecule has 104 valence electrons. The van der Waals surface area contributed by atoms with E-state index in [1.807, 2.05) is 6.26 Å². The molecule has 3 nitrogen and oxygen atoms in total. The Hall–Kier alpha value is -0.540. The van der Waals surface area contributed by atoms with Crippen LogP contribution in [0.25, 0.3) is 0 Å². The summed E-state index contributed by atoms with van der Waals surface area (Å²) in [5.74, 6) is 0.752. The molecule has 0 bridgehead atoms. The maximum Gasteiger partial charge on any atom is 0.0876 e. The fraction of sp³-hybridized carbons (Fsp3) is 0.867. The van der Waals surface area contributed by atoms with Crippen molar-refractivity contribution < 1.29 is 9.47 Å². The van der Waals surface area contributed by atoms with Crippen LogP contribution in [0.3, 0.4) is 0 Å². The molecule has 18 heavy (non-hydrogen) atoms. The Balaban J connectivity index is 2.03. The molecular weight excluding hydrogens is 226 g/mol. The normalized spacial score (nSPS) is 23.1. The second kappa shape index (κ2) is 7.15. The van der Waals surface area contributed by atoms with Gasteiger partial charge in [0.15, 0.2) is 0 Å². The Kier molecular flexibility index (Phi) is 5.51. The van der Waals surface area contributed by atoms with E-state index in [0.29, 0.717) is 12.1 Å². The van der Waals surface area contributed by atoms with Crippen molar-refractivity contribution in [2.75, 3.05) is 19.8 Å². The quantitative estimate of drug-likeness (QED) is 0.721. The van der Waals surface area contributed by atoms with E-state index in [1.54, 1.807) is 0 Å². The molecule has 0 aromatic heterocycles. The molecule has 2 atom stereocenters. The molecule has 0 spiro atoms. The predicted octanol–water partition coefficient (Wildman–Crippen LogP) is 2.86. The van der Waals surface area contributed by atoms with Gasteiger partial charge in [0, 0.05) is 6.61 Å². The SMILES string of the molecule is CCCNC(C1=COCCC1)C(OCC)C1CC1. The predicted molar refractivity (Wildman–Crippen MR) is 73.5 cm³/mol. The molecule has 2 rings (SSSR count). The molecule has 2 unspecified atom stereocenters. The van der Waals surface area contributed by atoms with Crippen LogP contribution in [0, 0.1) is 5.92 Å². The second-order valence-electron chi connectivity index (χ2n) is 5.36. The number of nitrogens with one attached hydrogen (secondary N) is 1. The van der Waals surface area contributed by atoms with Gasteiger partial charge in [-0.05, 0) is 57.1 Å². The second-order valence-corrected chi connectivity index (χ2v) is 5.36. The van der Waals surface area contributed by atoms with Crippen LogP contribution in [0.5, 0.6) is 0 Å². The van der Waals surface area contributed by atoms with E-state index in [4.69, 9.17) is 9.47 Å². The highest BCUT2D eigenvalue weighted by Gasteiger charge is 2.38. The lowest BCUT2D eigenvalue weighted by Crippen LogP contribution is -2.45. The van der Waals surface area contributed by atoms with Crippen LogP contribution in [0.1, 0.15) is 46.0 Å². The minimum absolute atomic E-state index is 0.342. The summed E-state index contributed by atoms with van der Waals surface area (Å²) >= 11 is 0. The molecule has 1 aliphatic carbocycles. The van der Waals surface area contributed by atoms with E-state index in [-0.39, 0.29) is 0 Å². The monoisotopic (exact) mass is 253 g/mol. The van der Waals surface area contributed by atoms with E-state index < -0.39 is 0 Å². The van der Waals surface area contributed by atoms with Crippen molar-refractivity contribution in [2.45, 2.75) is 58.1 Å². The molecule has 0 aromatic rings. The summed E-state index contributed by atoms with van der Waals surface area (Å²) in [4.78, 5) is 0. The van der Waals surface area contributed by atoms with Crippen LogP contribution in [0.4, 0.5) is 0 Å². The first-order valence-electron chi connectivity index (χ1n) is 7.52. The molecule has 0 saturated heterocycles. The highest BCUT2D eigenvalue weighted by Crippen LogP contribution is 2.38.